The number of rotatable bonds is 6. The topological polar surface area (TPSA) is 74.2 Å². The second-order valence-corrected chi connectivity index (χ2v) is 12.0. The average molecular weight is 489 g/mol. The highest BCUT2D eigenvalue weighted by Gasteiger charge is 2.40. The Morgan fingerprint density at radius 1 is 1.26 bits per heavy atom. The molecular formula is C22H30Cl2N2O4S. The summed E-state index contributed by atoms with van der Waals surface area (Å²) in [6, 6.07) is 3.28. The van der Waals surface area contributed by atoms with E-state index < -0.39 is 27.8 Å². The lowest BCUT2D eigenvalue weighted by molar-refractivity contribution is 0.00701. The predicted molar refractivity (Wildman–Crippen MR) is 128 cm³/mol. The molecule has 1 saturated heterocycles. The minimum Gasteiger partial charge on any atom is -0.591 e. The first-order chi connectivity index (χ1) is 14.2. The Labute approximate surface area is 197 Å². The van der Waals surface area contributed by atoms with Crippen LogP contribution in [0.2, 0.25) is 10.0 Å². The van der Waals surface area contributed by atoms with E-state index in [1.807, 2.05) is 41.5 Å². The molecule has 0 aromatic heterocycles. The van der Waals surface area contributed by atoms with Gasteiger partial charge in [0.2, 0.25) is 0 Å². The van der Waals surface area contributed by atoms with Gasteiger partial charge in [0.25, 0.3) is 0 Å². The van der Waals surface area contributed by atoms with Crippen molar-refractivity contribution in [3.8, 4) is 5.75 Å². The molecule has 0 N–H and O–H groups in total. The van der Waals surface area contributed by atoms with E-state index in [1.165, 1.54) is 0 Å². The average Bonchev–Trinajstić information content (AvgIpc) is 2.57. The van der Waals surface area contributed by atoms with E-state index in [0.717, 1.165) is 0 Å². The molecule has 1 fully saturated rings. The van der Waals surface area contributed by atoms with E-state index in [0.29, 0.717) is 40.2 Å². The van der Waals surface area contributed by atoms with Crippen molar-refractivity contribution in [2.75, 3.05) is 19.7 Å². The molecule has 9 heteroatoms. The molecule has 1 aliphatic rings. The lowest BCUT2D eigenvalue weighted by atomic mass is 9.90. The smallest absolute Gasteiger partial charge is 0.410 e. The van der Waals surface area contributed by atoms with Crippen molar-refractivity contribution >= 4 is 46.4 Å². The summed E-state index contributed by atoms with van der Waals surface area (Å²) in [6.07, 6.45) is 1.22. The molecular weight excluding hydrogens is 459 g/mol. The molecule has 0 saturated carbocycles. The first-order valence-electron chi connectivity index (χ1n) is 9.94. The lowest BCUT2D eigenvalue weighted by Crippen LogP contribution is -2.54. The van der Waals surface area contributed by atoms with Crippen LogP contribution >= 0.6 is 23.2 Å². The van der Waals surface area contributed by atoms with Gasteiger partial charge in [-0.25, -0.2) is 4.79 Å². The maximum atomic E-state index is 12.9. The summed E-state index contributed by atoms with van der Waals surface area (Å²) in [7, 11) is 0. The van der Waals surface area contributed by atoms with Gasteiger partial charge in [0.1, 0.15) is 39.8 Å². The molecule has 1 unspecified atom stereocenters. The summed E-state index contributed by atoms with van der Waals surface area (Å²) >= 11 is 11.0. The normalized spacial score (nSPS) is 16.5. The minimum atomic E-state index is -1.52. The maximum absolute atomic E-state index is 12.9. The van der Waals surface area contributed by atoms with Crippen molar-refractivity contribution < 1.29 is 18.8 Å². The molecule has 0 aliphatic carbocycles. The number of hydrogen-bond donors (Lipinski definition) is 0. The molecule has 2 rings (SSSR count). The van der Waals surface area contributed by atoms with Gasteiger partial charge in [-0.05, 0) is 47.6 Å². The van der Waals surface area contributed by atoms with Crippen LogP contribution in [0.3, 0.4) is 0 Å². The van der Waals surface area contributed by atoms with Crippen molar-refractivity contribution in [1.29, 1.82) is 0 Å². The van der Waals surface area contributed by atoms with Crippen LogP contribution in [0.15, 0.2) is 29.2 Å². The molecule has 31 heavy (non-hydrogen) atoms. The molecule has 1 aliphatic heterocycles. The lowest BCUT2D eigenvalue weighted by Gasteiger charge is -2.40. The SMILES string of the molecule is C=CCOc1cc(Cl)c(Cl)cc1C(=N[S+]([O-])C(C)(C)C)C1CN(C(=O)OC(C)(C)C)C1. The van der Waals surface area contributed by atoms with Crippen LogP contribution in [0.5, 0.6) is 5.75 Å². The van der Waals surface area contributed by atoms with E-state index in [1.54, 1.807) is 23.1 Å². The van der Waals surface area contributed by atoms with Crippen LogP contribution in [-0.2, 0) is 16.1 Å². The largest absolute Gasteiger partial charge is 0.591 e. The standard InChI is InChI=1S/C22H30Cl2N2O4S/c1-8-9-29-18-11-17(24)16(23)10-15(18)19(25-31(28)22(5,6)7)14-12-26(13-14)20(27)30-21(2,3)4/h8,10-11,14H,1,9,12-13H2,2-7H3. The third-order valence-electron chi connectivity index (χ3n) is 4.28. The van der Waals surface area contributed by atoms with Gasteiger partial charge in [0, 0.05) is 30.6 Å². The van der Waals surface area contributed by atoms with Gasteiger partial charge in [-0.1, -0.05) is 40.3 Å². The second kappa shape index (κ2) is 10.0. The third-order valence-corrected chi connectivity index (χ3v) is 6.41. The zero-order valence-corrected chi connectivity index (χ0v) is 21.2. The molecule has 1 heterocycles. The number of benzene rings is 1. The van der Waals surface area contributed by atoms with Crippen molar-refractivity contribution in [3.05, 3.63) is 40.4 Å². The van der Waals surface area contributed by atoms with Gasteiger partial charge in [-0.3, -0.25) is 0 Å². The molecule has 1 aromatic rings. The Morgan fingerprint density at radius 3 is 2.35 bits per heavy atom. The minimum absolute atomic E-state index is 0.151. The van der Waals surface area contributed by atoms with E-state index in [9.17, 15) is 9.35 Å². The monoisotopic (exact) mass is 488 g/mol. The first-order valence-corrected chi connectivity index (χ1v) is 11.8. The quantitative estimate of drug-likeness (QED) is 0.293. The van der Waals surface area contributed by atoms with Crippen LogP contribution in [-0.4, -0.2) is 51.3 Å². The van der Waals surface area contributed by atoms with Crippen molar-refractivity contribution in [1.82, 2.24) is 4.90 Å². The van der Waals surface area contributed by atoms with Crippen molar-refractivity contribution in [2.24, 2.45) is 10.3 Å². The van der Waals surface area contributed by atoms with Crippen molar-refractivity contribution in [3.63, 3.8) is 0 Å². The summed E-state index contributed by atoms with van der Waals surface area (Å²) in [5, 5.41) is 0.671. The van der Waals surface area contributed by atoms with Crippen LogP contribution < -0.4 is 4.74 Å². The molecule has 172 valence electrons. The Hall–Kier alpha value is -1.41. The zero-order chi connectivity index (χ0) is 23.6. The Morgan fingerprint density at radius 2 is 1.84 bits per heavy atom. The van der Waals surface area contributed by atoms with Gasteiger partial charge in [-0.15, -0.1) is 0 Å². The highest BCUT2D eigenvalue weighted by molar-refractivity contribution is 7.91. The zero-order valence-electron chi connectivity index (χ0n) is 18.8. The van der Waals surface area contributed by atoms with Crippen molar-refractivity contribution in [2.45, 2.75) is 51.9 Å². The van der Waals surface area contributed by atoms with Crippen LogP contribution in [0, 0.1) is 5.92 Å². The number of halogens is 2. The molecule has 0 spiro atoms. The Bertz CT molecular complexity index is 856. The van der Waals surface area contributed by atoms with Crippen LogP contribution in [0.1, 0.15) is 47.1 Å². The summed E-state index contributed by atoms with van der Waals surface area (Å²) in [6.45, 7) is 15.7. The summed E-state index contributed by atoms with van der Waals surface area (Å²) in [5.74, 6) is 0.316. The fourth-order valence-electron chi connectivity index (χ4n) is 2.69. The fourth-order valence-corrected chi connectivity index (χ4v) is 3.71. The third kappa shape index (κ3) is 7.04. The van der Waals surface area contributed by atoms with E-state index in [4.69, 9.17) is 32.7 Å². The number of amides is 1. The molecule has 0 bridgehead atoms. The Balaban J connectivity index is 2.41. The highest BCUT2D eigenvalue weighted by Crippen LogP contribution is 2.35. The summed E-state index contributed by atoms with van der Waals surface area (Å²) < 4.78 is 28.1. The number of ether oxygens (including phenoxy) is 2. The van der Waals surface area contributed by atoms with Gasteiger partial charge in [-0.2, -0.15) is 0 Å². The number of carbonyl (C=O) groups excluding carboxylic acids is 1. The Kier molecular flexibility index (Phi) is 8.36. The van der Waals surface area contributed by atoms with Gasteiger partial charge in [0.15, 0.2) is 0 Å². The first kappa shape index (κ1) is 25.8. The summed E-state index contributed by atoms with van der Waals surface area (Å²) in [4.78, 5) is 14.0. The molecule has 0 radical (unpaired) electrons. The number of nitrogens with zero attached hydrogens (tertiary/aromatic N) is 2. The molecule has 1 aromatic carbocycles. The van der Waals surface area contributed by atoms with Gasteiger partial charge >= 0.3 is 6.09 Å². The van der Waals surface area contributed by atoms with Gasteiger partial charge < -0.3 is 18.9 Å². The number of hydrogen-bond acceptors (Lipinski definition) is 5. The second-order valence-electron chi connectivity index (χ2n) is 9.28. The van der Waals surface area contributed by atoms with Gasteiger partial charge in [0.05, 0.1) is 10.0 Å². The number of likely N-dealkylation sites (tertiary alicyclic amines) is 1. The number of carbonyl (C=O) groups is 1. The predicted octanol–water partition coefficient (Wildman–Crippen LogP) is 5.68. The highest BCUT2D eigenvalue weighted by atomic mass is 35.5. The van der Waals surface area contributed by atoms with Crippen LogP contribution in [0.4, 0.5) is 4.79 Å². The fraction of sp³-hybridized carbons (Fsp3) is 0.545. The van der Waals surface area contributed by atoms with E-state index >= 15 is 0 Å². The van der Waals surface area contributed by atoms with E-state index in [-0.39, 0.29) is 12.5 Å². The van der Waals surface area contributed by atoms with E-state index in [2.05, 4.69) is 11.0 Å². The maximum Gasteiger partial charge on any atom is 0.410 e. The van der Waals surface area contributed by atoms with Crippen LogP contribution in [0.25, 0.3) is 0 Å². The molecule has 1 atom stereocenters. The molecule has 6 nitrogen and oxygen atoms in total. The molecule has 1 amide bonds. The summed E-state index contributed by atoms with van der Waals surface area (Å²) in [5.41, 5.74) is 0.579.